The van der Waals surface area contributed by atoms with Crippen LogP contribution in [0.2, 0.25) is 0 Å². The molecule has 0 atom stereocenters. The molecule has 6 heteroatoms. The highest BCUT2D eigenvalue weighted by Crippen LogP contribution is 2.20. The first-order valence-electron chi connectivity index (χ1n) is 6.42. The molecule has 4 nitrogen and oxygen atoms in total. The van der Waals surface area contributed by atoms with Gasteiger partial charge in [-0.1, -0.05) is 18.2 Å². The fourth-order valence-electron chi connectivity index (χ4n) is 1.88. The summed E-state index contributed by atoms with van der Waals surface area (Å²) in [4.78, 5) is 23.5. The summed E-state index contributed by atoms with van der Waals surface area (Å²) in [6.07, 6.45) is 0. The van der Waals surface area contributed by atoms with E-state index in [0.717, 1.165) is 5.56 Å². The fourth-order valence-corrected chi connectivity index (χ4v) is 2.33. The molecule has 0 aromatic heterocycles. The molecule has 114 valence electrons. The number of amides is 1. The van der Waals surface area contributed by atoms with Crippen molar-refractivity contribution in [2.24, 2.45) is 0 Å². The Balaban J connectivity index is 2.08. The Morgan fingerprint density at radius 3 is 2.68 bits per heavy atom. The van der Waals surface area contributed by atoms with Gasteiger partial charge in [-0.2, -0.15) is 0 Å². The first-order chi connectivity index (χ1) is 10.5. The summed E-state index contributed by atoms with van der Waals surface area (Å²) in [5, 5.41) is 2.68. The second-order valence-corrected chi connectivity index (χ2v) is 5.27. The van der Waals surface area contributed by atoms with Crippen molar-refractivity contribution in [1.82, 2.24) is 5.32 Å². The zero-order valence-corrected chi connectivity index (χ0v) is 13.3. The van der Waals surface area contributed by atoms with Crippen molar-refractivity contribution in [1.29, 1.82) is 0 Å². The molecule has 0 radical (unpaired) electrons. The summed E-state index contributed by atoms with van der Waals surface area (Å²) in [5.41, 5.74) is 1.36. The van der Waals surface area contributed by atoms with Crippen molar-refractivity contribution in [2.75, 3.05) is 7.11 Å². The van der Waals surface area contributed by atoms with E-state index in [-0.39, 0.29) is 16.6 Å². The molecule has 1 amide bonds. The number of carbonyl (C=O) groups is 2. The lowest BCUT2D eigenvalue weighted by molar-refractivity contribution is 0.0600. The molecule has 0 fully saturated rings. The van der Waals surface area contributed by atoms with Gasteiger partial charge in [-0.25, -0.2) is 9.18 Å². The summed E-state index contributed by atoms with van der Waals surface area (Å²) in [5.74, 6) is -1.35. The topological polar surface area (TPSA) is 55.4 Å². The van der Waals surface area contributed by atoms with Crippen molar-refractivity contribution in [3.63, 3.8) is 0 Å². The molecular formula is C16H13BrFNO3. The molecule has 22 heavy (non-hydrogen) atoms. The number of nitrogens with one attached hydrogen (secondary N) is 1. The highest BCUT2D eigenvalue weighted by Gasteiger charge is 2.13. The van der Waals surface area contributed by atoms with Gasteiger partial charge in [0.15, 0.2) is 0 Å². The minimum Gasteiger partial charge on any atom is -0.465 e. The molecule has 0 aliphatic carbocycles. The molecule has 0 aliphatic heterocycles. The number of methoxy groups -OCH3 is 1. The Hall–Kier alpha value is -2.21. The fraction of sp³-hybridized carbons (Fsp3) is 0.125. The summed E-state index contributed by atoms with van der Waals surface area (Å²) in [7, 11) is 1.30. The average molecular weight is 366 g/mol. The van der Waals surface area contributed by atoms with Gasteiger partial charge >= 0.3 is 5.97 Å². The molecular weight excluding hydrogens is 353 g/mol. The van der Waals surface area contributed by atoms with E-state index in [1.54, 1.807) is 24.3 Å². The minimum atomic E-state index is -0.500. The Labute approximate surface area is 135 Å². The van der Waals surface area contributed by atoms with Crippen LogP contribution >= 0.6 is 15.9 Å². The van der Waals surface area contributed by atoms with Crippen LogP contribution in [0.3, 0.4) is 0 Å². The van der Waals surface area contributed by atoms with Crippen molar-refractivity contribution in [2.45, 2.75) is 6.54 Å². The van der Waals surface area contributed by atoms with Gasteiger partial charge in [-0.3, -0.25) is 4.79 Å². The molecule has 0 saturated carbocycles. The highest BCUT2D eigenvalue weighted by atomic mass is 79.9. The van der Waals surface area contributed by atoms with Gasteiger partial charge in [0.2, 0.25) is 0 Å². The molecule has 2 aromatic carbocycles. The quantitative estimate of drug-likeness (QED) is 0.845. The molecule has 0 spiro atoms. The van der Waals surface area contributed by atoms with E-state index < -0.39 is 17.7 Å². The molecule has 2 rings (SSSR count). The van der Waals surface area contributed by atoms with Gasteiger partial charge in [-0.15, -0.1) is 0 Å². The van der Waals surface area contributed by atoms with Crippen LogP contribution in [0.5, 0.6) is 0 Å². The molecule has 0 aliphatic rings. The summed E-state index contributed by atoms with van der Waals surface area (Å²) in [6, 6.07) is 11.0. The first kappa shape index (κ1) is 16.2. The number of halogens is 2. The number of esters is 1. The lowest BCUT2D eigenvalue weighted by atomic mass is 10.1. The van der Waals surface area contributed by atoms with Crippen LogP contribution in [0, 0.1) is 5.82 Å². The third kappa shape index (κ3) is 3.71. The van der Waals surface area contributed by atoms with E-state index in [0.29, 0.717) is 5.56 Å². The van der Waals surface area contributed by atoms with Crippen LogP contribution in [0.25, 0.3) is 0 Å². The van der Waals surface area contributed by atoms with Gasteiger partial charge in [0.25, 0.3) is 5.91 Å². The predicted molar refractivity (Wildman–Crippen MR) is 83.1 cm³/mol. The van der Waals surface area contributed by atoms with Crippen LogP contribution in [0.4, 0.5) is 4.39 Å². The largest absolute Gasteiger partial charge is 0.465 e. The molecule has 0 heterocycles. The Morgan fingerprint density at radius 2 is 1.95 bits per heavy atom. The molecule has 0 bridgehead atoms. The second kappa shape index (κ2) is 7.17. The highest BCUT2D eigenvalue weighted by molar-refractivity contribution is 9.10. The van der Waals surface area contributed by atoms with Crippen LogP contribution in [-0.2, 0) is 11.3 Å². The molecule has 0 saturated heterocycles. The van der Waals surface area contributed by atoms with Crippen molar-refractivity contribution in [3.8, 4) is 0 Å². The zero-order chi connectivity index (χ0) is 16.1. The average Bonchev–Trinajstić information content (AvgIpc) is 2.54. The lowest BCUT2D eigenvalue weighted by Gasteiger charge is -2.08. The van der Waals surface area contributed by atoms with Crippen LogP contribution in [0.15, 0.2) is 46.9 Å². The third-order valence-electron chi connectivity index (χ3n) is 3.00. The van der Waals surface area contributed by atoms with E-state index in [4.69, 9.17) is 0 Å². The maximum Gasteiger partial charge on any atom is 0.337 e. The maximum absolute atomic E-state index is 13.4. The number of ether oxygens (including phenoxy) is 1. The van der Waals surface area contributed by atoms with Crippen molar-refractivity contribution >= 4 is 27.8 Å². The first-order valence-corrected chi connectivity index (χ1v) is 7.21. The second-order valence-electron chi connectivity index (χ2n) is 4.48. The van der Waals surface area contributed by atoms with Crippen molar-refractivity contribution < 1.29 is 18.7 Å². The van der Waals surface area contributed by atoms with E-state index in [2.05, 4.69) is 26.0 Å². The van der Waals surface area contributed by atoms with Crippen LogP contribution in [-0.4, -0.2) is 19.0 Å². The van der Waals surface area contributed by atoms with E-state index in [1.165, 1.54) is 25.3 Å². The smallest absolute Gasteiger partial charge is 0.337 e. The normalized spacial score (nSPS) is 10.1. The molecule has 2 aromatic rings. The SMILES string of the molecule is COC(=O)c1cccc(CNC(=O)c2cccc(F)c2Br)c1. The minimum absolute atomic E-state index is 0.121. The summed E-state index contributed by atoms with van der Waals surface area (Å²) >= 11 is 3.05. The number of rotatable bonds is 4. The lowest BCUT2D eigenvalue weighted by Crippen LogP contribution is -2.23. The van der Waals surface area contributed by atoms with Gasteiger partial charge in [0.05, 0.1) is 22.7 Å². The van der Waals surface area contributed by atoms with E-state index in [1.807, 2.05) is 0 Å². The molecule has 0 unspecified atom stereocenters. The Kier molecular flexibility index (Phi) is 5.27. The predicted octanol–water partition coefficient (Wildman–Crippen LogP) is 3.30. The standard InChI is InChI=1S/C16H13BrFNO3/c1-22-16(21)11-5-2-4-10(8-11)9-19-15(20)12-6-3-7-13(18)14(12)17/h2-8H,9H2,1H3,(H,19,20). The molecule has 1 N–H and O–H groups in total. The number of hydrogen-bond acceptors (Lipinski definition) is 3. The van der Waals surface area contributed by atoms with Gasteiger partial charge in [-0.05, 0) is 45.8 Å². The summed E-state index contributed by atoms with van der Waals surface area (Å²) in [6.45, 7) is 0.215. The number of benzene rings is 2. The van der Waals surface area contributed by atoms with Gasteiger partial charge in [0, 0.05) is 6.54 Å². The monoisotopic (exact) mass is 365 g/mol. The van der Waals surface area contributed by atoms with Gasteiger partial charge in [0.1, 0.15) is 5.82 Å². The summed E-state index contributed by atoms with van der Waals surface area (Å²) < 4.78 is 18.2. The van der Waals surface area contributed by atoms with Crippen LogP contribution in [0.1, 0.15) is 26.3 Å². The number of carbonyl (C=O) groups excluding carboxylic acids is 2. The van der Waals surface area contributed by atoms with E-state index in [9.17, 15) is 14.0 Å². The van der Waals surface area contributed by atoms with Crippen LogP contribution < -0.4 is 5.32 Å². The Bertz CT molecular complexity index is 718. The van der Waals surface area contributed by atoms with E-state index >= 15 is 0 Å². The van der Waals surface area contributed by atoms with Crippen molar-refractivity contribution in [3.05, 3.63) is 69.4 Å². The van der Waals surface area contributed by atoms with Gasteiger partial charge < -0.3 is 10.1 Å². The third-order valence-corrected chi connectivity index (χ3v) is 3.80. The number of hydrogen-bond donors (Lipinski definition) is 1. The zero-order valence-electron chi connectivity index (χ0n) is 11.7. The Morgan fingerprint density at radius 1 is 1.23 bits per heavy atom. The maximum atomic E-state index is 13.4.